The summed E-state index contributed by atoms with van der Waals surface area (Å²) >= 11 is 1.80. The Labute approximate surface area is 371 Å². The molecule has 0 atom stereocenters. The topological polar surface area (TPSA) is 27.7 Å². The van der Waals surface area contributed by atoms with Crippen LogP contribution in [0.25, 0.3) is 125 Å². The molecule has 5 heteroatoms. The average molecular weight is 833 g/mol. The Balaban J connectivity index is 0.891. The molecule has 9 aromatic carbocycles. The minimum atomic E-state index is 1.07. The second-order valence-corrected chi connectivity index (χ2v) is 17.9. The Bertz CT molecular complexity index is 4200. The molecule has 5 heterocycles. The van der Waals surface area contributed by atoms with Gasteiger partial charge in [-0.3, -0.25) is 4.98 Å². The van der Waals surface area contributed by atoms with Gasteiger partial charge in [-0.25, -0.2) is 0 Å². The summed E-state index contributed by atoms with van der Waals surface area (Å²) in [7, 11) is 0. The summed E-state index contributed by atoms with van der Waals surface area (Å²) in [6.45, 7) is 0. The lowest BCUT2D eigenvalue weighted by atomic mass is 10.0. The average Bonchev–Trinajstić information content (AvgIpc) is 4.10. The van der Waals surface area contributed by atoms with Crippen LogP contribution in [0.1, 0.15) is 0 Å². The molecule has 0 saturated carbocycles. The van der Waals surface area contributed by atoms with Crippen LogP contribution in [-0.4, -0.2) is 18.7 Å². The molecule has 0 aliphatic rings. The van der Waals surface area contributed by atoms with E-state index in [0.717, 1.165) is 22.6 Å². The van der Waals surface area contributed by atoms with Gasteiger partial charge >= 0.3 is 0 Å². The van der Waals surface area contributed by atoms with Crippen molar-refractivity contribution < 1.29 is 0 Å². The third-order valence-corrected chi connectivity index (χ3v) is 14.4. The predicted octanol–water partition coefficient (Wildman–Crippen LogP) is 16.1. The molecule has 0 fully saturated rings. The van der Waals surface area contributed by atoms with Gasteiger partial charge in [0.25, 0.3) is 0 Å². The molecule has 14 aromatic rings. The lowest BCUT2D eigenvalue weighted by Crippen LogP contribution is -1.95. The van der Waals surface area contributed by atoms with Crippen LogP contribution >= 0.6 is 11.3 Å². The van der Waals surface area contributed by atoms with Crippen molar-refractivity contribution in [1.82, 2.24) is 18.7 Å². The Hall–Kier alpha value is -8.25. The Kier molecular flexibility index (Phi) is 7.53. The van der Waals surface area contributed by atoms with Gasteiger partial charge in [0.1, 0.15) is 0 Å². The van der Waals surface area contributed by atoms with Crippen molar-refractivity contribution in [2.75, 3.05) is 0 Å². The number of rotatable bonds is 5. The van der Waals surface area contributed by atoms with E-state index in [1.54, 1.807) is 11.3 Å². The van der Waals surface area contributed by atoms with Gasteiger partial charge in [-0.05, 0) is 131 Å². The van der Waals surface area contributed by atoms with Crippen LogP contribution in [0.3, 0.4) is 0 Å². The highest BCUT2D eigenvalue weighted by Crippen LogP contribution is 2.41. The van der Waals surface area contributed by atoms with Gasteiger partial charge in [0, 0.05) is 65.7 Å². The number of aromatic nitrogens is 4. The summed E-state index contributed by atoms with van der Waals surface area (Å²) in [4.78, 5) is 4.73. The van der Waals surface area contributed by atoms with E-state index in [2.05, 4.69) is 220 Å². The van der Waals surface area contributed by atoms with Gasteiger partial charge < -0.3 is 13.7 Å². The lowest BCUT2D eigenvalue weighted by Gasteiger charge is -2.11. The van der Waals surface area contributed by atoms with Gasteiger partial charge in [-0.1, -0.05) is 103 Å². The summed E-state index contributed by atoms with van der Waals surface area (Å²) in [6.07, 6.45) is 1.89. The van der Waals surface area contributed by atoms with Gasteiger partial charge in [-0.15, -0.1) is 11.3 Å². The second kappa shape index (κ2) is 13.6. The fourth-order valence-electron chi connectivity index (χ4n) is 10.4. The summed E-state index contributed by atoms with van der Waals surface area (Å²) in [6, 6.07) is 77.9. The monoisotopic (exact) mass is 832 g/mol. The van der Waals surface area contributed by atoms with E-state index in [0.29, 0.717) is 0 Å². The third-order valence-electron chi connectivity index (χ3n) is 13.3. The number of hydrogen-bond donors (Lipinski definition) is 0. The first kappa shape index (κ1) is 35.4. The highest BCUT2D eigenvalue weighted by Gasteiger charge is 2.19. The van der Waals surface area contributed by atoms with Crippen molar-refractivity contribution in [2.24, 2.45) is 0 Å². The molecule has 0 aliphatic heterocycles. The van der Waals surface area contributed by atoms with E-state index < -0.39 is 0 Å². The SMILES string of the molecule is c1ccc(-n2c3ccccc3c3cc(-n4c5ccccc5c5cc(-c6ccc7c(c6)c6ccccc6n7-c6cccc(-c7ccc8sc9cccnc9c8c7)c6)ccc54)ccc32)cc1. The molecular weight excluding hydrogens is 797 g/mol. The molecular formula is C59H36N4S. The number of pyridine rings is 1. The molecule has 0 bridgehead atoms. The Morgan fingerprint density at radius 3 is 1.39 bits per heavy atom. The summed E-state index contributed by atoms with van der Waals surface area (Å²) in [5.74, 6) is 0. The van der Waals surface area contributed by atoms with Gasteiger partial charge in [0.05, 0.1) is 43.3 Å². The Morgan fingerprint density at radius 2 is 0.750 bits per heavy atom. The molecule has 0 amide bonds. The first-order chi connectivity index (χ1) is 31.7. The van der Waals surface area contributed by atoms with Crippen LogP contribution < -0.4 is 0 Å². The highest BCUT2D eigenvalue weighted by molar-refractivity contribution is 7.25. The standard InChI is InChI=1S/C59H36N4S/c1-2-13-41(14-3-1)61-51-19-7-6-18-46(51)49-36-43(26-29-56(49)61)63-53-21-9-5-17-45(53)48-34-39(24-28-55(48)63)38-23-27-54-47(33-38)44-16-4-8-20-52(44)62(54)42-15-10-12-37(32-42)40-25-30-57-50(35-40)59-58(64-57)22-11-31-60-59/h1-36H. The molecule has 0 spiro atoms. The van der Waals surface area contributed by atoms with E-state index in [4.69, 9.17) is 4.98 Å². The predicted molar refractivity (Wildman–Crippen MR) is 271 cm³/mol. The van der Waals surface area contributed by atoms with E-state index in [1.807, 2.05) is 12.3 Å². The zero-order valence-corrected chi connectivity index (χ0v) is 35.3. The molecule has 4 nitrogen and oxygen atoms in total. The number of para-hydroxylation sites is 4. The summed E-state index contributed by atoms with van der Waals surface area (Å²) < 4.78 is 9.72. The van der Waals surface area contributed by atoms with Crippen LogP contribution in [0, 0.1) is 0 Å². The smallest absolute Gasteiger partial charge is 0.0888 e. The molecule has 0 saturated heterocycles. The molecule has 0 aliphatic carbocycles. The van der Waals surface area contributed by atoms with Crippen LogP contribution in [0.2, 0.25) is 0 Å². The van der Waals surface area contributed by atoms with Crippen LogP contribution in [-0.2, 0) is 0 Å². The fraction of sp³-hybridized carbons (Fsp3) is 0. The number of fused-ring (bicyclic) bond motifs is 12. The largest absolute Gasteiger partial charge is 0.309 e. The Morgan fingerprint density at radius 1 is 0.281 bits per heavy atom. The van der Waals surface area contributed by atoms with E-state index in [1.165, 1.54) is 102 Å². The fourth-order valence-corrected chi connectivity index (χ4v) is 11.5. The summed E-state index contributed by atoms with van der Waals surface area (Å²) in [5, 5.41) is 8.66. The molecule has 298 valence electrons. The molecule has 0 unspecified atom stereocenters. The van der Waals surface area contributed by atoms with Crippen LogP contribution in [0.15, 0.2) is 219 Å². The maximum atomic E-state index is 4.73. The minimum Gasteiger partial charge on any atom is -0.309 e. The maximum Gasteiger partial charge on any atom is 0.0888 e. The van der Waals surface area contributed by atoms with Crippen LogP contribution in [0.5, 0.6) is 0 Å². The zero-order valence-electron chi connectivity index (χ0n) is 34.5. The molecule has 0 N–H and O–H groups in total. The number of thiophene rings is 1. The molecule has 0 radical (unpaired) electrons. The molecule has 14 rings (SSSR count). The van der Waals surface area contributed by atoms with Crippen molar-refractivity contribution in [3.05, 3.63) is 219 Å². The van der Waals surface area contributed by atoms with Crippen molar-refractivity contribution in [2.45, 2.75) is 0 Å². The van der Waals surface area contributed by atoms with Gasteiger partial charge in [0.2, 0.25) is 0 Å². The maximum absolute atomic E-state index is 4.73. The summed E-state index contributed by atoms with van der Waals surface area (Å²) in [5.41, 5.74) is 16.5. The lowest BCUT2D eigenvalue weighted by molar-refractivity contribution is 1.17. The van der Waals surface area contributed by atoms with E-state index in [-0.39, 0.29) is 0 Å². The molecule has 5 aromatic heterocycles. The first-order valence-electron chi connectivity index (χ1n) is 21.8. The quantitative estimate of drug-likeness (QED) is 0.170. The first-order valence-corrected chi connectivity index (χ1v) is 22.6. The van der Waals surface area contributed by atoms with Crippen molar-refractivity contribution >= 4 is 97.1 Å². The number of benzene rings is 9. The number of hydrogen-bond acceptors (Lipinski definition) is 2. The van der Waals surface area contributed by atoms with Crippen molar-refractivity contribution in [1.29, 1.82) is 0 Å². The van der Waals surface area contributed by atoms with Crippen LogP contribution in [0.4, 0.5) is 0 Å². The normalized spacial score (nSPS) is 12.1. The number of nitrogens with zero attached hydrogens (tertiary/aromatic N) is 4. The van der Waals surface area contributed by atoms with E-state index in [9.17, 15) is 0 Å². The zero-order chi connectivity index (χ0) is 41.9. The third kappa shape index (κ3) is 5.19. The highest BCUT2D eigenvalue weighted by atomic mass is 32.1. The minimum absolute atomic E-state index is 1.07. The van der Waals surface area contributed by atoms with E-state index >= 15 is 0 Å². The van der Waals surface area contributed by atoms with Gasteiger partial charge in [0.15, 0.2) is 0 Å². The van der Waals surface area contributed by atoms with Crippen molar-refractivity contribution in [3.63, 3.8) is 0 Å². The molecule has 64 heavy (non-hydrogen) atoms. The second-order valence-electron chi connectivity index (χ2n) is 16.8. The van der Waals surface area contributed by atoms with Gasteiger partial charge in [-0.2, -0.15) is 0 Å². The van der Waals surface area contributed by atoms with Crippen molar-refractivity contribution in [3.8, 4) is 39.3 Å².